The molecule has 0 aromatic heterocycles. The molecule has 3 aromatic carbocycles. The van der Waals surface area contributed by atoms with Crippen molar-refractivity contribution >= 4 is 17.5 Å². The summed E-state index contributed by atoms with van der Waals surface area (Å²) in [5.74, 6) is 2.42. The highest BCUT2D eigenvalue weighted by atomic mass is 35.5. The molecule has 1 saturated carbocycles. The van der Waals surface area contributed by atoms with Crippen LogP contribution in [-0.4, -0.2) is 34.2 Å². The minimum Gasteiger partial charge on any atom is -0.396 e. The second-order valence-corrected chi connectivity index (χ2v) is 11.1. The highest BCUT2D eigenvalue weighted by molar-refractivity contribution is 6.30. The van der Waals surface area contributed by atoms with Crippen LogP contribution in [0.2, 0.25) is 5.02 Å². The molecule has 1 aliphatic heterocycles. The lowest BCUT2D eigenvalue weighted by atomic mass is 9.89. The lowest BCUT2D eigenvalue weighted by Crippen LogP contribution is -2.47. The maximum absolute atomic E-state index is 14.1. The van der Waals surface area contributed by atoms with E-state index in [1.165, 1.54) is 0 Å². The maximum Gasteiger partial charge on any atom is 0.257 e. The first-order valence-corrected chi connectivity index (χ1v) is 12.8. The third kappa shape index (κ3) is 4.56. The van der Waals surface area contributed by atoms with Crippen molar-refractivity contribution in [3.05, 3.63) is 105 Å². The number of fused-ring (bicyclic) bond motifs is 1. The van der Waals surface area contributed by atoms with Crippen molar-refractivity contribution in [1.82, 2.24) is 4.90 Å². The molecule has 1 unspecified atom stereocenters. The Hall–Kier alpha value is -3.14. The predicted molar refractivity (Wildman–Crippen MR) is 143 cm³/mol. The number of ether oxygens (including phenoxy) is 1. The minimum atomic E-state index is -1.25. The summed E-state index contributed by atoms with van der Waals surface area (Å²) >= 11 is 6.24. The molecule has 0 radical (unpaired) electrons. The van der Waals surface area contributed by atoms with Gasteiger partial charge in [-0.3, -0.25) is 9.69 Å². The molecule has 2 N–H and O–H groups in total. The summed E-state index contributed by atoms with van der Waals surface area (Å²) in [7, 11) is 0. The Morgan fingerprint density at radius 2 is 1.76 bits per heavy atom. The highest BCUT2D eigenvalue weighted by Gasteiger charge is 2.54. The number of amides is 1. The molecular formula is C31H30ClNO4. The Labute approximate surface area is 222 Å². The van der Waals surface area contributed by atoms with Crippen LogP contribution >= 0.6 is 11.6 Å². The summed E-state index contributed by atoms with van der Waals surface area (Å²) in [4.78, 5) is 15.9. The van der Waals surface area contributed by atoms with Crippen LogP contribution in [0.3, 0.4) is 0 Å². The first-order valence-electron chi connectivity index (χ1n) is 12.4. The van der Waals surface area contributed by atoms with Crippen molar-refractivity contribution < 1.29 is 19.7 Å². The predicted octanol–water partition coefficient (Wildman–Crippen LogP) is 5.19. The average Bonchev–Trinajstić information content (AvgIpc) is 3.64. The number of carbonyl (C=O) groups is 1. The summed E-state index contributed by atoms with van der Waals surface area (Å²) in [6.07, 6.45) is 7.27. The van der Waals surface area contributed by atoms with Gasteiger partial charge in [-0.25, -0.2) is 0 Å². The summed E-state index contributed by atoms with van der Waals surface area (Å²) < 4.78 is 6.79. The zero-order valence-corrected chi connectivity index (χ0v) is 21.8. The number of halogens is 1. The molecule has 1 aliphatic carbocycles. The van der Waals surface area contributed by atoms with Gasteiger partial charge in [0.2, 0.25) is 0 Å². The van der Waals surface area contributed by atoms with Gasteiger partial charge in [0.25, 0.3) is 5.91 Å². The van der Waals surface area contributed by atoms with E-state index in [0.717, 1.165) is 29.5 Å². The summed E-state index contributed by atoms with van der Waals surface area (Å²) in [6, 6.07) is 20.3. The summed E-state index contributed by atoms with van der Waals surface area (Å²) in [5, 5.41) is 21.3. The fraction of sp³-hybridized carbons (Fsp3) is 0.323. The van der Waals surface area contributed by atoms with Crippen molar-refractivity contribution in [2.24, 2.45) is 5.41 Å². The van der Waals surface area contributed by atoms with Gasteiger partial charge >= 0.3 is 0 Å². The topological polar surface area (TPSA) is 70.0 Å². The molecule has 5 nitrogen and oxygen atoms in total. The van der Waals surface area contributed by atoms with Gasteiger partial charge in [-0.15, -0.1) is 6.42 Å². The molecule has 0 bridgehead atoms. The second kappa shape index (κ2) is 9.31. The van der Waals surface area contributed by atoms with E-state index in [1.54, 1.807) is 36.9 Å². The quantitative estimate of drug-likeness (QED) is 0.405. The molecule has 37 heavy (non-hydrogen) atoms. The Kier molecular flexibility index (Phi) is 6.42. The number of hydrogen-bond donors (Lipinski definition) is 2. The van der Waals surface area contributed by atoms with E-state index in [-0.39, 0.29) is 24.5 Å². The Morgan fingerprint density at radius 1 is 1.08 bits per heavy atom. The van der Waals surface area contributed by atoms with E-state index < -0.39 is 11.3 Å². The van der Waals surface area contributed by atoms with Crippen molar-refractivity contribution in [1.29, 1.82) is 0 Å². The van der Waals surface area contributed by atoms with Crippen molar-refractivity contribution in [2.75, 3.05) is 13.2 Å². The number of rotatable bonds is 8. The lowest BCUT2D eigenvalue weighted by molar-refractivity contribution is -0.128. The SMILES string of the molecule is C#Cc1ccc(CN2C(=O)c3cc(C(C)(C)O)ccc3C2(OCC2(CO)CC2)c2ccc(Cl)cc2)cc1. The molecule has 2 aliphatic rings. The first kappa shape index (κ1) is 25.5. The van der Waals surface area contributed by atoms with Crippen LogP contribution in [0.1, 0.15) is 64.9 Å². The number of aliphatic hydroxyl groups is 2. The molecule has 1 fully saturated rings. The Bertz CT molecular complexity index is 1360. The molecule has 1 heterocycles. The van der Waals surface area contributed by atoms with Crippen molar-refractivity contribution in [3.8, 4) is 12.3 Å². The van der Waals surface area contributed by atoms with E-state index >= 15 is 0 Å². The first-order chi connectivity index (χ1) is 17.6. The smallest absolute Gasteiger partial charge is 0.257 e. The minimum absolute atomic E-state index is 0.0235. The highest BCUT2D eigenvalue weighted by Crippen LogP contribution is 2.51. The van der Waals surface area contributed by atoms with Gasteiger partial charge in [-0.2, -0.15) is 0 Å². The van der Waals surface area contributed by atoms with Gasteiger partial charge in [-0.1, -0.05) is 53.9 Å². The zero-order chi connectivity index (χ0) is 26.4. The third-order valence-corrected chi connectivity index (χ3v) is 7.78. The largest absolute Gasteiger partial charge is 0.396 e. The van der Waals surface area contributed by atoms with Gasteiger partial charge < -0.3 is 14.9 Å². The normalized spacial score (nSPS) is 20.0. The third-order valence-electron chi connectivity index (χ3n) is 7.52. The fourth-order valence-corrected chi connectivity index (χ4v) is 5.04. The van der Waals surface area contributed by atoms with Gasteiger partial charge in [0.15, 0.2) is 5.72 Å². The van der Waals surface area contributed by atoms with E-state index in [2.05, 4.69) is 5.92 Å². The van der Waals surface area contributed by atoms with E-state index in [1.807, 2.05) is 48.5 Å². The fourth-order valence-electron chi connectivity index (χ4n) is 4.91. The molecule has 1 amide bonds. The van der Waals surface area contributed by atoms with E-state index in [0.29, 0.717) is 28.3 Å². The van der Waals surface area contributed by atoms with Gasteiger partial charge in [0.1, 0.15) is 0 Å². The van der Waals surface area contributed by atoms with Gasteiger partial charge in [0.05, 0.1) is 18.8 Å². The maximum atomic E-state index is 14.1. The van der Waals surface area contributed by atoms with Crippen molar-refractivity contribution in [2.45, 2.75) is 44.6 Å². The standard InChI is InChI=1S/C31H30ClNO4/c1-4-21-5-7-22(8-6-21)18-33-28(35)26-17-24(29(2,3)36)11-14-27(26)31(33,23-9-12-25(32)13-10-23)37-20-30(19-34)15-16-30/h1,5-14,17,34,36H,15-16,18-20H2,2-3H3. The molecule has 3 aromatic rings. The van der Waals surface area contributed by atoms with Crippen LogP contribution < -0.4 is 0 Å². The van der Waals surface area contributed by atoms with E-state index in [4.69, 9.17) is 22.8 Å². The zero-order valence-electron chi connectivity index (χ0n) is 21.0. The number of aliphatic hydroxyl groups excluding tert-OH is 1. The van der Waals surface area contributed by atoms with E-state index in [9.17, 15) is 15.0 Å². The van der Waals surface area contributed by atoms with Crippen LogP contribution in [0, 0.1) is 17.8 Å². The van der Waals surface area contributed by atoms with Crippen molar-refractivity contribution in [3.63, 3.8) is 0 Å². The number of carbonyl (C=O) groups excluding carboxylic acids is 1. The van der Waals surface area contributed by atoms with Crippen LogP contribution in [-0.2, 0) is 22.6 Å². The number of nitrogens with zero attached hydrogens (tertiary/aromatic N) is 1. The van der Waals surface area contributed by atoms with Crippen LogP contribution in [0.5, 0.6) is 0 Å². The number of benzene rings is 3. The van der Waals surface area contributed by atoms with Gasteiger partial charge in [-0.05, 0) is 68.1 Å². The molecular weight excluding hydrogens is 486 g/mol. The van der Waals surface area contributed by atoms with Crippen LogP contribution in [0.15, 0.2) is 66.7 Å². The van der Waals surface area contributed by atoms with Crippen LogP contribution in [0.25, 0.3) is 0 Å². The average molecular weight is 516 g/mol. The summed E-state index contributed by atoms with van der Waals surface area (Å²) in [6.45, 7) is 3.97. The molecule has 6 heteroatoms. The monoisotopic (exact) mass is 515 g/mol. The Morgan fingerprint density at radius 3 is 2.32 bits per heavy atom. The van der Waals surface area contributed by atoms with Gasteiger partial charge in [0, 0.05) is 39.2 Å². The van der Waals surface area contributed by atoms with Crippen LogP contribution in [0.4, 0.5) is 0 Å². The second-order valence-electron chi connectivity index (χ2n) is 10.6. The molecule has 190 valence electrons. The number of terminal acetylenes is 1. The molecule has 0 spiro atoms. The lowest BCUT2D eigenvalue weighted by Gasteiger charge is -2.40. The Balaban J connectivity index is 1.69. The molecule has 1 atom stereocenters. The summed E-state index contributed by atoms with van der Waals surface area (Å²) in [5.41, 5.74) is 1.55. The molecule has 0 saturated heterocycles. The number of hydrogen-bond acceptors (Lipinski definition) is 4. The molecule has 5 rings (SSSR count).